The normalized spacial score (nSPS) is 10.3. The third kappa shape index (κ3) is 3.39. The molecule has 0 radical (unpaired) electrons. The van der Waals surface area contributed by atoms with E-state index in [-0.39, 0.29) is 0 Å². The van der Waals surface area contributed by atoms with Crippen molar-refractivity contribution in [3.8, 4) is 11.3 Å². The maximum absolute atomic E-state index is 4.40. The molecular formula is C16H15N5. The molecule has 3 aromatic heterocycles. The first kappa shape index (κ1) is 13.2. The average Bonchev–Trinajstić information content (AvgIpc) is 2.57. The second kappa shape index (κ2) is 6.56. The first-order valence-corrected chi connectivity index (χ1v) is 6.77. The van der Waals surface area contributed by atoms with Gasteiger partial charge in [-0.2, -0.15) is 0 Å². The fraction of sp³-hybridized carbons (Fsp3) is 0.125. The van der Waals surface area contributed by atoms with Gasteiger partial charge in [-0.3, -0.25) is 15.0 Å². The van der Waals surface area contributed by atoms with E-state index >= 15 is 0 Å². The maximum Gasteiger partial charge on any atom is 0.152 e. The molecule has 0 aliphatic heterocycles. The van der Waals surface area contributed by atoms with Gasteiger partial charge in [0.25, 0.3) is 0 Å². The zero-order valence-corrected chi connectivity index (χ0v) is 11.5. The molecule has 0 saturated heterocycles. The number of nitrogens with zero attached hydrogens (tertiary/aromatic N) is 4. The van der Waals surface area contributed by atoms with Crippen molar-refractivity contribution in [2.24, 2.45) is 0 Å². The van der Waals surface area contributed by atoms with E-state index in [2.05, 4.69) is 31.3 Å². The Morgan fingerprint density at radius 3 is 2.43 bits per heavy atom. The Labute approximate surface area is 123 Å². The minimum atomic E-state index is 0.773. The van der Waals surface area contributed by atoms with E-state index in [0.29, 0.717) is 0 Å². The van der Waals surface area contributed by atoms with Crippen LogP contribution in [0.15, 0.2) is 61.4 Å². The van der Waals surface area contributed by atoms with Crippen molar-refractivity contribution in [3.05, 3.63) is 67.0 Å². The third-order valence-electron chi connectivity index (χ3n) is 3.06. The van der Waals surface area contributed by atoms with Gasteiger partial charge in [-0.1, -0.05) is 6.07 Å². The smallest absolute Gasteiger partial charge is 0.152 e. The molecule has 1 N–H and O–H groups in total. The van der Waals surface area contributed by atoms with Gasteiger partial charge in [-0.15, -0.1) is 0 Å². The van der Waals surface area contributed by atoms with Gasteiger partial charge in [-0.05, 0) is 30.2 Å². The van der Waals surface area contributed by atoms with Crippen LogP contribution in [0.25, 0.3) is 11.3 Å². The summed E-state index contributed by atoms with van der Waals surface area (Å²) < 4.78 is 0. The second-order valence-electron chi connectivity index (χ2n) is 4.53. The number of aromatic nitrogens is 4. The van der Waals surface area contributed by atoms with Crippen LogP contribution in [0.1, 0.15) is 5.56 Å². The Morgan fingerprint density at radius 2 is 1.67 bits per heavy atom. The van der Waals surface area contributed by atoms with E-state index in [1.165, 1.54) is 5.56 Å². The number of anilines is 1. The van der Waals surface area contributed by atoms with Crippen LogP contribution < -0.4 is 5.32 Å². The highest BCUT2D eigenvalue weighted by Crippen LogP contribution is 2.22. The van der Waals surface area contributed by atoms with Crippen LogP contribution in [0.5, 0.6) is 0 Å². The summed E-state index contributed by atoms with van der Waals surface area (Å²) in [6, 6.07) is 7.87. The van der Waals surface area contributed by atoms with Crippen molar-refractivity contribution >= 4 is 5.82 Å². The van der Waals surface area contributed by atoms with E-state index in [1.807, 2.05) is 24.4 Å². The number of pyridine rings is 2. The van der Waals surface area contributed by atoms with Crippen LogP contribution >= 0.6 is 0 Å². The van der Waals surface area contributed by atoms with Crippen molar-refractivity contribution in [2.75, 3.05) is 11.9 Å². The van der Waals surface area contributed by atoms with Crippen LogP contribution in [-0.4, -0.2) is 26.5 Å². The lowest BCUT2D eigenvalue weighted by atomic mass is 10.2. The molecule has 0 amide bonds. The predicted octanol–water partition coefficient (Wildman–Crippen LogP) is 2.59. The van der Waals surface area contributed by atoms with Gasteiger partial charge in [-0.25, -0.2) is 4.98 Å². The number of hydrogen-bond donors (Lipinski definition) is 1. The van der Waals surface area contributed by atoms with Gasteiger partial charge in [0.2, 0.25) is 0 Å². The topological polar surface area (TPSA) is 63.6 Å². The molecule has 3 rings (SSSR count). The molecule has 0 saturated carbocycles. The monoisotopic (exact) mass is 277 g/mol. The van der Waals surface area contributed by atoms with Gasteiger partial charge >= 0.3 is 0 Å². The molecule has 21 heavy (non-hydrogen) atoms. The van der Waals surface area contributed by atoms with Gasteiger partial charge < -0.3 is 5.32 Å². The molecule has 0 spiro atoms. The van der Waals surface area contributed by atoms with Gasteiger partial charge in [0.05, 0.1) is 0 Å². The molecule has 0 fully saturated rings. The molecule has 3 aromatic rings. The van der Waals surface area contributed by atoms with E-state index in [4.69, 9.17) is 0 Å². The zero-order chi connectivity index (χ0) is 14.3. The second-order valence-corrected chi connectivity index (χ2v) is 4.53. The summed E-state index contributed by atoms with van der Waals surface area (Å²) in [5, 5.41) is 3.33. The van der Waals surface area contributed by atoms with Crippen LogP contribution in [-0.2, 0) is 6.42 Å². The Kier molecular flexibility index (Phi) is 4.12. The fourth-order valence-electron chi connectivity index (χ4n) is 2.05. The Bertz CT molecular complexity index is 685. The summed E-state index contributed by atoms with van der Waals surface area (Å²) in [5.41, 5.74) is 2.96. The van der Waals surface area contributed by atoms with E-state index in [9.17, 15) is 0 Å². The lowest BCUT2D eigenvalue weighted by Crippen LogP contribution is -2.08. The van der Waals surface area contributed by atoms with Crippen LogP contribution in [0.3, 0.4) is 0 Å². The molecule has 3 heterocycles. The Morgan fingerprint density at radius 1 is 0.857 bits per heavy atom. The van der Waals surface area contributed by atoms with Gasteiger partial charge in [0.15, 0.2) is 5.82 Å². The zero-order valence-electron chi connectivity index (χ0n) is 11.5. The largest absolute Gasteiger partial charge is 0.368 e. The number of nitrogens with one attached hydrogen (secondary N) is 1. The van der Waals surface area contributed by atoms with Crippen LogP contribution in [0.2, 0.25) is 0 Å². The van der Waals surface area contributed by atoms with E-state index in [0.717, 1.165) is 30.0 Å². The molecule has 0 aromatic carbocycles. The van der Waals surface area contributed by atoms with Crippen molar-refractivity contribution in [1.82, 2.24) is 19.9 Å². The minimum absolute atomic E-state index is 0.773. The molecule has 0 aliphatic rings. The quantitative estimate of drug-likeness (QED) is 0.776. The lowest BCUT2D eigenvalue weighted by Gasteiger charge is -2.09. The standard InChI is InChI=1S/C16H15N5/c1-3-13(11-17-6-1)5-8-20-16-15(19-9-10-21-16)14-4-2-7-18-12-14/h1-4,6-7,9-12H,5,8H2,(H,20,21). The molecule has 0 unspecified atom stereocenters. The molecule has 5 nitrogen and oxygen atoms in total. The highest BCUT2D eigenvalue weighted by atomic mass is 15.0. The molecule has 0 bridgehead atoms. The van der Waals surface area contributed by atoms with Crippen LogP contribution in [0.4, 0.5) is 5.82 Å². The Balaban J connectivity index is 1.71. The maximum atomic E-state index is 4.40. The van der Waals surface area contributed by atoms with Crippen molar-refractivity contribution in [3.63, 3.8) is 0 Å². The summed E-state index contributed by atoms with van der Waals surface area (Å²) >= 11 is 0. The van der Waals surface area contributed by atoms with Crippen molar-refractivity contribution < 1.29 is 0 Å². The van der Waals surface area contributed by atoms with Gasteiger partial charge in [0, 0.05) is 49.3 Å². The van der Waals surface area contributed by atoms with E-state index < -0.39 is 0 Å². The lowest BCUT2D eigenvalue weighted by molar-refractivity contribution is 0.989. The first-order chi connectivity index (χ1) is 10.4. The SMILES string of the molecule is c1cncc(CCNc2nccnc2-c2cccnc2)c1. The van der Waals surface area contributed by atoms with Crippen molar-refractivity contribution in [1.29, 1.82) is 0 Å². The van der Waals surface area contributed by atoms with Gasteiger partial charge in [0.1, 0.15) is 5.69 Å². The molecule has 0 aliphatic carbocycles. The molecule has 5 heteroatoms. The fourth-order valence-corrected chi connectivity index (χ4v) is 2.05. The minimum Gasteiger partial charge on any atom is -0.368 e. The summed E-state index contributed by atoms with van der Waals surface area (Å²) in [6.07, 6.45) is 11.4. The Hall–Kier alpha value is -2.82. The number of hydrogen-bond acceptors (Lipinski definition) is 5. The highest BCUT2D eigenvalue weighted by molar-refractivity contribution is 5.70. The highest BCUT2D eigenvalue weighted by Gasteiger charge is 2.07. The summed E-state index contributed by atoms with van der Waals surface area (Å²) in [6.45, 7) is 0.775. The predicted molar refractivity (Wildman–Crippen MR) is 81.7 cm³/mol. The van der Waals surface area contributed by atoms with E-state index in [1.54, 1.807) is 31.0 Å². The summed E-state index contributed by atoms with van der Waals surface area (Å²) in [4.78, 5) is 17.0. The summed E-state index contributed by atoms with van der Waals surface area (Å²) in [7, 11) is 0. The first-order valence-electron chi connectivity index (χ1n) is 6.77. The number of rotatable bonds is 5. The average molecular weight is 277 g/mol. The molecule has 104 valence electrons. The van der Waals surface area contributed by atoms with Crippen molar-refractivity contribution in [2.45, 2.75) is 6.42 Å². The summed E-state index contributed by atoms with van der Waals surface area (Å²) in [5.74, 6) is 0.773. The molecule has 0 atom stereocenters. The molecular weight excluding hydrogens is 262 g/mol. The van der Waals surface area contributed by atoms with Crippen LogP contribution in [0, 0.1) is 0 Å². The third-order valence-corrected chi connectivity index (χ3v) is 3.06.